The zero-order valence-electron chi connectivity index (χ0n) is 10.7. The van der Waals surface area contributed by atoms with E-state index in [2.05, 4.69) is 37.7 Å². The summed E-state index contributed by atoms with van der Waals surface area (Å²) in [7, 11) is 0. The van der Waals surface area contributed by atoms with Crippen LogP contribution < -0.4 is 0 Å². The van der Waals surface area contributed by atoms with Gasteiger partial charge in [-0.1, -0.05) is 64.9 Å². The molecule has 0 fully saturated rings. The topological polar surface area (TPSA) is 48.8 Å². The second-order valence-corrected chi connectivity index (χ2v) is 5.29. The summed E-state index contributed by atoms with van der Waals surface area (Å²) in [5.41, 5.74) is 8.59. The summed E-state index contributed by atoms with van der Waals surface area (Å²) < 4.78 is 0. The van der Waals surface area contributed by atoms with Gasteiger partial charge in [-0.25, -0.2) is 0 Å². The predicted molar refractivity (Wildman–Crippen MR) is 65.8 cm³/mol. The molecule has 0 aliphatic carbocycles. The zero-order chi connectivity index (χ0) is 11.7. The first-order valence-electron chi connectivity index (χ1n) is 6.06. The Bertz CT molecular complexity index is 199. The van der Waals surface area contributed by atoms with Crippen LogP contribution in [0, 0.1) is 5.41 Å². The van der Waals surface area contributed by atoms with Gasteiger partial charge < -0.3 is 0 Å². The largest absolute Gasteiger partial charge is 0.0901 e. The van der Waals surface area contributed by atoms with Crippen LogP contribution in [-0.4, -0.2) is 6.04 Å². The van der Waals surface area contributed by atoms with Crippen LogP contribution in [0.1, 0.15) is 66.2 Å². The van der Waals surface area contributed by atoms with Crippen molar-refractivity contribution >= 4 is 0 Å². The molecule has 0 saturated carbocycles. The lowest BCUT2D eigenvalue weighted by molar-refractivity contribution is 0.298. The molecule has 0 amide bonds. The minimum atomic E-state index is 0.0942. The fourth-order valence-electron chi connectivity index (χ4n) is 1.67. The minimum Gasteiger partial charge on any atom is -0.0901 e. The molecule has 88 valence electrons. The molecule has 0 bridgehead atoms. The van der Waals surface area contributed by atoms with E-state index in [1.807, 2.05) is 0 Å². The van der Waals surface area contributed by atoms with Crippen LogP contribution in [0.15, 0.2) is 5.11 Å². The third-order valence-corrected chi connectivity index (χ3v) is 2.77. The van der Waals surface area contributed by atoms with Crippen molar-refractivity contribution in [3.05, 3.63) is 10.4 Å². The van der Waals surface area contributed by atoms with Crippen molar-refractivity contribution < 1.29 is 0 Å². The lowest BCUT2D eigenvalue weighted by Gasteiger charge is -2.26. The Morgan fingerprint density at radius 1 is 1.13 bits per heavy atom. The van der Waals surface area contributed by atoms with Gasteiger partial charge in [-0.05, 0) is 17.4 Å². The highest BCUT2D eigenvalue weighted by Crippen LogP contribution is 2.27. The Hall–Kier alpha value is -0.690. The Morgan fingerprint density at radius 2 is 1.73 bits per heavy atom. The molecule has 3 nitrogen and oxygen atoms in total. The second-order valence-electron chi connectivity index (χ2n) is 5.29. The summed E-state index contributed by atoms with van der Waals surface area (Å²) in [4.78, 5) is 2.94. The van der Waals surface area contributed by atoms with Gasteiger partial charge >= 0.3 is 0 Å². The quantitative estimate of drug-likeness (QED) is 0.244. The van der Waals surface area contributed by atoms with E-state index in [-0.39, 0.29) is 11.5 Å². The molecule has 0 spiro atoms. The van der Waals surface area contributed by atoms with Crippen LogP contribution in [0.5, 0.6) is 0 Å². The molecule has 0 saturated heterocycles. The molecule has 1 unspecified atom stereocenters. The van der Waals surface area contributed by atoms with Crippen LogP contribution in [0.25, 0.3) is 10.4 Å². The van der Waals surface area contributed by atoms with Crippen LogP contribution in [0.4, 0.5) is 0 Å². The number of unbranched alkanes of at least 4 members (excludes halogenated alkanes) is 4. The molecular formula is C12H25N3. The third-order valence-electron chi connectivity index (χ3n) is 2.77. The molecule has 0 aliphatic rings. The molecule has 0 rings (SSSR count). The van der Waals surface area contributed by atoms with Gasteiger partial charge in [0.15, 0.2) is 0 Å². The van der Waals surface area contributed by atoms with Gasteiger partial charge in [0, 0.05) is 11.0 Å². The van der Waals surface area contributed by atoms with E-state index in [0.717, 1.165) is 6.42 Å². The fourth-order valence-corrected chi connectivity index (χ4v) is 1.67. The molecule has 1 atom stereocenters. The van der Waals surface area contributed by atoms with Gasteiger partial charge in [0.1, 0.15) is 0 Å². The summed E-state index contributed by atoms with van der Waals surface area (Å²) in [6.07, 6.45) is 7.38. The molecule has 0 aromatic carbocycles. The maximum absolute atomic E-state index is 8.50. The summed E-state index contributed by atoms with van der Waals surface area (Å²) >= 11 is 0. The van der Waals surface area contributed by atoms with Gasteiger partial charge in [0.2, 0.25) is 0 Å². The lowest BCUT2D eigenvalue weighted by atomic mass is 9.84. The summed E-state index contributed by atoms with van der Waals surface area (Å²) in [5, 5.41) is 3.89. The standard InChI is InChI=1S/C12H25N3/c1-5-6-7-8-9-10-11(14-15-13)12(2,3)4/h11H,5-10H2,1-4H3. The average Bonchev–Trinajstić information content (AvgIpc) is 2.14. The maximum atomic E-state index is 8.50. The first kappa shape index (κ1) is 14.3. The Morgan fingerprint density at radius 3 is 2.20 bits per heavy atom. The molecule has 0 aromatic heterocycles. The van der Waals surface area contributed by atoms with Crippen molar-refractivity contribution in [3.63, 3.8) is 0 Å². The van der Waals surface area contributed by atoms with E-state index in [0.29, 0.717) is 0 Å². The van der Waals surface area contributed by atoms with Gasteiger partial charge in [0.25, 0.3) is 0 Å². The fraction of sp³-hybridized carbons (Fsp3) is 1.00. The van der Waals surface area contributed by atoms with Crippen LogP contribution in [0.2, 0.25) is 0 Å². The third kappa shape index (κ3) is 7.26. The van der Waals surface area contributed by atoms with E-state index in [9.17, 15) is 0 Å². The Kier molecular flexibility index (Phi) is 7.23. The SMILES string of the molecule is CCCCCCCC(N=[N+]=[N-])C(C)(C)C. The first-order valence-corrected chi connectivity index (χ1v) is 6.06. The molecule has 15 heavy (non-hydrogen) atoms. The van der Waals surface area contributed by atoms with Crippen LogP contribution in [0.3, 0.4) is 0 Å². The zero-order valence-corrected chi connectivity index (χ0v) is 10.7. The van der Waals surface area contributed by atoms with Crippen LogP contribution in [-0.2, 0) is 0 Å². The van der Waals surface area contributed by atoms with Crippen molar-refractivity contribution in [3.8, 4) is 0 Å². The van der Waals surface area contributed by atoms with Gasteiger partial charge in [-0.2, -0.15) is 0 Å². The number of nitrogens with zero attached hydrogens (tertiary/aromatic N) is 3. The Labute approximate surface area is 93.9 Å². The first-order chi connectivity index (χ1) is 7.02. The summed E-state index contributed by atoms with van der Waals surface area (Å²) in [5.74, 6) is 0. The smallest absolute Gasteiger partial charge is 0.0422 e. The van der Waals surface area contributed by atoms with Gasteiger partial charge in [-0.15, -0.1) is 0 Å². The van der Waals surface area contributed by atoms with E-state index in [4.69, 9.17) is 5.53 Å². The van der Waals surface area contributed by atoms with Crippen molar-refractivity contribution in [2.45, 2.75) is 72.3 Å². The molecule has 0 heterocycles. The lowest BCUT2D eigenvalue weighted by Crippen LogP contribution is -2.23. The van der Waals surface area contributed by atoms with Crippen molar-refractivity contribution in [1.82, 2.24) is 0 Å². The van der Waals surface area contributed by atoms with E-state index < -0.39 is 0 Å². The highest BCUT2D eigenvalue weighted by Gasteiger charge is 2.22. The molecule has 0 aliphatic heterocycles. The molecule has 0 radical (unpaired) electrons. The number of hydrogen-bond donors (Lipinski definition) is 0. The summed E-state index contributed by atoms with van der Waals surface area (Å²) in [6.45, 7) is 8.63. The predicted octanol–water partition coefficient (Wildman–Crippen LogP) is 5.07. The number of azide groups is 1. The van der Waals surface area contributed by atoms with Gasteiger partial charge in [0.05, 0.1) is 0 Å². The monoisotopic (exact) mass is 211 g/mol. The van der Waals surface area contributed by atoms with Crippen molar-refractivity contribution in [2.24, 2.45) is 10.5 Å². The molecule has 0 aromatic rings. The van der Waals surface area contributed by atoms with Crippen LogP contribution >= 0.6 is 0 Å². The van der Waals surface area contributed by atoms with Crippen molar-refractivity contribution in [1.29, 1.82) is 0 Å². The molecule has 0 N–H and O–H groups in total. The average molecular weight is 211 g/mol. The number of rotatable bonds is 7. The normalized spacial score (nSPS) is 13.3. The number of hydrogen-bond acceptors (Lipinski definition) is 1. The van der Waals surface area contributed by atoms with E-state index in [1.54, 1.807) is 0 Å². The Balaban J connectivity index is 3.83. The summed E-state index contributed by atoms with van der Waals surface area (Å²) in [6, 6.07) is 0.143. The molecular weight excluding hydrogens is 186 g/mol. The van der Waals surface area contributed by atoms with E-state index >= 15 is 0 Å². The van der Waals surface area contributed by atoms with E-state index in [1.165, 1.54) is 32.1 Å². The highest BCUT2D eigenvalue weighted by atomic mass is 15.2. The van der Waals surface area contributed by atoms with Gasteiger partial charge in [-0.3, -0.25) is 0 Å². The second kappa shape index (κ2) is 7.58. The maximum Gasteiger partial charge on any atom is 0.0422 e. The highest BCUT2D eigenvalue weighted by molar-refractivity contribution is 4.80. The van der Waals surface area contributed by atoms with Crippen molar-refractivity contribution in [2.75, 3.05) is 0 Å². The minimum absolute atomic E-state index is 0.0942. The molecule has 3 heteroatoms.